The third kappa shape index (κ3) is 3.35. The molecule has 2 aromatic rings. The molecule has 27 heavy (non-hydrogen) atoms. The quantitative estimate of drug-likeness (QED) is 0.809. The number of rotatable bonds is 4. The molecular weight excluding hydrogens is 344 g/mol. The molecule has 1 saturated heterocycles. The number of aromatic amines is 1. The van der Waals surface area contributed by atoms with Crippen LogP contribution in [0.25, 0.3) is 0 Å². The molecule has 2 atom stereocenters. The van der Waals surface area contributed by atoms with Gasteiger partial charge in [0.1, 0.15) is 6.04 Å². The van der Waals surface area contributed by atoms with Gasteiger partial charge in [0.15, 0.2) is 0 Å². The van der Waals surface area contributed by atoms with E-state index in [0.29, 0.717) is 19.6 Å². The maximum atomic E-state index is 12.2. The van der Waals surface area contributed by atoms with Crippen LogP contribution in [0.4, 0.5) is 5.69 Å². The van der Waals surface area contributed by atoms with Crippen LogP contribution in [-0.4, -0.2) is 41.8 Å². The number of H-pyrrole nitrogens is 1. The Bertz CT molecular complexity index is 830. The van der Waals surface area contributed by atoms with E-state index in [1.807, 2.05) is 17.0 Å². The number of fused-ring (bicyclic) bond motifs is 1. The van der Waals surface area contributed by atoms with Crippen molar-refractivity contribution in [2.75, 3.05) is 24.6 Å². The van der Waals surface area contributed by atoms with E-state index in [1.54, 1.807) is 13.1 Å². The number of carbonyl (C=O) groups excluding carboxylic acids is 2. The summed E-state index contributed by atoms with van der Waals surface area (Å²) in [5.74, 6) is -0.00123. The number of ether oxygens (including phenoxy) is 1. The van der Waals surface area contributed by atoms with Crippen LogP contribution >= 0.6 is 0 Å². The molecule has 0 aliphatic carbocycles. The second-order valence-electron chi connectivity index (χ2n) is 6.98. The van der Waals surface area contributed by atoms with Gasteiger partial charge in [0.2, 0.25) is 5.91 Å². The highest BCUT2D eigenvalue weighted by Gasteiger charge is 2.34. The van der Waals surface area contributed by atoms with Gasteiger partial charge in [0.25, 0.3) is 0 Å². The standard InChI is InChI=1S/C20H24N4O3/c1-2-27-20(26)19-18-16(12-22-23-18)15(11-21-19)13-6-8-14(9-7-13)24-10-4-3-5-17(24)25/h6-9,12,15,19,21H,2-5,10-11H2,1H3,(H,22,23). The molecule has 1 aromatic carbocycles. The Morgan fingerprint density at radius 3 is 2.85 bits per heavy atom. The Morgan fingerprint density at radius 2 is 2.11 bits per heavy atom. The van der Waals surface area contributed by atoms with Crippen LogP contribution in [0.2, 0.25) is 0 Å². The van der Waals surface area contributed by atoms with Crippen molar-refractivity contribution < 1.29 is 14.3 Å². The molecule has 2 aliphatic heterocycles. The van der Waals surface area contributed by atoms with Crippen molar-refractivity contribution >= 4 is 17.6 Å². The number of piperidine rings is 1. The van der Waals surface area contributed by atoms with Gasteiger partial charge in [0, 0.05) is 36.7 Å². The number of hydrogen-bond donors (Lipinski definition) is 2. The lowest BCUT2D eigenvalue weighted by Crippen LogP contribution is -2.38. The molecule has 0 spiro atoms. The number of benzene rings is 1. The molecule has 2 aliphatic rings. The average molecular weight is 368 g/mol. The topological polar surface area (TPSA) is 87.3 Å². The van der Waals surface area contributed by atoms with E-state index in [0.717, 1.165) is 41.9 Å². The molecule has 2 unspecified atom stereocenters. The Labute approximate surface area is 158 Å². The molecule has 4 rings (SSSR count). The zero-order chi connectivity index (χ0) is 18.8. The average Bonchev–Trinajstić information content (AvgIpc) is 3.18. The Hall–Kier alpha value is -2.67. The number of hydrogen-bond acceptors (Lipinski definition) is 5. The molecule has 1 aromatic heterocycles. The van der Waals surface area contributed by atoms with Crippen molar-refractivity contribution in [1.82, 2.24) is 15.5 Å². The van der Waals surface area contributed by atoms with Crippen molar-refractivity contribution in [3.05, 3.63) is 47.3 Å². The highest BCUT2D eigenvalue weighted by molar-refractivity contribution is 5.94. The van der Waals surface area contributed by atoms with E-state index >= 15 is 0 Å². The van der Waals surface area contributed by atoms with E-state index in [-0.39, 0.29) is 17.8 Å². The normalized spacial score (nSPS) is 22.4. The third-order valence-electron chi connectivity index (χ3n) is 5.34. The minimum absolute atomic E-state index is 0.0931. The molecule has 0 radical (unpaired) electrons. The van der Waals surface area contributed by atoms with Gasteiger partial charge in [-0.1, -0.05) is 12.1 Å². The van der Waals surface area contributed by atoms with Crippen LogP contribution in [0.1, 0.15) is 55.0 Å². The van der Waals surface area contributed by atoms with E-state index in [4.69, 9.17) is 4.74 Å². The third-order valence-corrected chi connectivity index (χ3v) is 5.34. The smallest absolute Gasteiger partial charge is 0.329 e. The van der Waals surface area contributed by atoms with Crippen LogP contribution in [0.3, 0.4) is 0 Å². The van der Waals surface area contributed by atoms with Crippen molar-refractivity contribution in [3.63, 3.8) is 0 Å². The number of nitrogens with zero attached hydrogens (tertiary/aromatic N) is 2. The molecule has 2 N–H and O–H groups in total. The lowest BCUT2D eigenvalue weighted by molar-refractivity contribution is -0.146. The summed E-state index contributed by atoms with van der Waals surface area (Å²) in [6, 6.07) is 7.63. The summed E-state index contributed by atoms with van der Waals surface area (Å²) in [6.45, 7) is 3.56. The number of amides is 1. The lowest BCUT2D eigenvalue weighted by atomic mass is 9.86. The van der Waals surface area contributed by atoms with Crippen molar-refractivity contribution in [3.8, 4) is 0 Å². The zero-order valence-corrected chi connectivity index (χ0v) is 15.4. The van der Waals surface area contributed by atoms with Gasteiger partial charge >= 0.3 is 5.97 Å². The molecule has 7 nitrogen and oxygen atoms in total. The monoisotopic (exact) mass is 368 g/mol. The minimum Gasteiger partial charge on any atom is -0.465 e. The first kappa shape index (κ1) is 17.7. The first-order valence-corrected chi connectivity index (χ1v) is 9.52. The second-order valence-corrected chi connectivity index (χ2v) is 6.98. The van der Waals surface area contributed by atoms with Gasteiger partial charge in [-0.15, -0.1) is 0 Å². The second kappa shape index (κ2) is 7.52. The zero-order valence-electron chi connectivity index (χ0n) is 15.4. The summed E-state index contributed by atoms with van der Waals surface area (Å²) in [4.78, 5) is 26.2. The molecule has 0 saturated carbocycles. The largest absolute Gasteiger partial charge is 0.465 e. The molecule has 142 valence electrons. The molecule has 3 heterocycles. The van der Waals surface area contributed by atoms with Crippen LogP contribution in [0, 0.1) is 0 Å². The number of anilines is 1. The first-order chi connectivity index (χ1) is 13.2. The highest BCUT2D eigenvalue weighted by Crippen LogP contribution is 2.34. The fourth-order valence-electron chi connectivity index (χ4n) is 3.95. The van der Waals surface area contributed by atoms with Gasteiger partial charge < -0.3 is 9.64 Å². The fraction of sp³-hybridized carbons (Fsp3) is 0.450. The summed E-state index contributed by atoms with van der Waals surface area (Å²) < 4.78 is 5.15. The summed E-state index contributed by atoms with van der Waals surface area (Å²) in [5, 5.41) is 10.4. The van der Waals surface area contributed by atoms with Crippen molar-refractivity contribution in [1.29, 1.82) is 0 Å². The maximum Gasteiger partial charge on any atom is 0.329 e. The fourth-order valence-corrected chi connectivity index (χ4v) is 3.95. The summed E-state index contributed by atoms with van der Waals surface area (Å²) in [5.41, 5.74) is 3.85. The Kier molecular flexibility index (Phi) is 4.94. The van der Waals surface area contributed by atoms with Gasteiger partial charge in [-0.2, -0.15) is 5.10 Å². The number of nitrogens with one attached hydrogen (secondary N) is 2. The molecule has 1 amide bonds. The lowest BCUT2D eigenvalue weighted by Gasteiger charge is -2.30. The van der Waals surface area contributed by atoms with Gasteiger partial charge in [-0.3, -0.25) is 15.2 Å². The SMILES string of the molecule is CCOC(=O)C1NCC(c2ccc(N3CCCCC3=O)cc2)c2cn[nH]c21. The van der Waals surface area contributed by atoms with Crippen molar-refractivity contribution in [2.45, 2.75) is 38.1 Å². The number of carbonyl (C=O) groups is 2. The van der Waals surface area contributed by atoms with Crippen LogP contribution < -0.4 is 10.2 Å². The summed E-state index contributed by atoms with van der Waals surface area (Å²) in [7, 11) is 0. The van der Waals surface area contributed by atoms with E-state index in [2.05, 4.69) is 27.6 Å². The Morgan fingerprint density at radius 1 is 1.30 bits per heavy atom. The van der Waals surface area contributed by atoms with Crippen LogP contribution in [0.15, 0.2) is 30.5 Å². The predicted molar refractivity (Wildman–Crippen MR) is 100 cm³/mol. The molecule has 1 fully saturated rings. The molecule has 0 bridgehead atoms. The van der Waals surface area contributed by atoms with Gasteiger partial charge in [-0.05, 0) is 37.5 Å². The number of esters is 1. The molecular formula is C20H24N4O3. The van der Waals surface area contributed by atoms with Gasteiger partial charge in [-0.25, -0.2) is 4.79 Å². The highest BCUT2D eigenvalue weighted by atomic mass is 16.5. The number of aromatic nitrogens is 2. The molecule has 7 heteroatoms. The van der Waals surface area contributed by atoms with E-state index < -0.39 is 6.04 Å². The van der Waals surface area contributed by atoms with Crippen LogP contribution in [0.5, 0.6) is 0 Å². The Balaban J connectivity index is 1.56. The van der Waals surface area contributed by atoms with Crippen molar-refractivity contribution in [2.24, 2.45) is 0 Å². The van der Waals surface area contributed by atoms with E-state index in [1.165, 1.54) is 0 Å². The maximum absolute atomic E-state index is 12.2. The van der Waals surface area contributed by atoms with E-state index in [9.17, 15) is 9.59 Å². The van der Waals surface area contributed by atoms with Crippen LogP contribution in [-0.2, 0) is 14.3 Å². The summed E-state index contributed by atoms with van der Waals surface area (Å²) in [6.07, 6.45) is 4.44. The predicted octanol–water partition coefficient (Wildman–Crippen LogP) is 2.27. The first-order valence-electron chi connectivity index (χ1n) is 9.52. The summed E-state index contributed by atoms with van der Waals surface area (Å²) >= 11 is 0. The minimum atomic E-state index is -0.510. The van der Waals surface area contributed by atoms with Gasteiger partial charge in [0.05, 0.1) is 18.5 Å².